The van der Waals surface area contributed by atoms with Crippen LogP contribution in [-0.4, -0.2) is 46.6 Å². The zero-order chi connectivity index (χ0) is 19.3. The number of carbonyl (C=O) groups is 2. The number of hydrogen-bond acceptors (Lipinski definition) is 4. The summed E-state index contributed by atoms with van der Waals surface area (Å²) in [6, 6.07) is 14.8. The van der Waals surface area contributed by atoms with Crippen molar-refractivity contribution in [3.8, 4) is 5.75 Å². The fourth-order valence-electron chi connectivity index (χ4n) is 4.47. The van der Waals surface area contributed by atoms with Crippen molar-refractivity contribution in [2.75, 3.05) is 19.7 Å². The number of carbonyl (C=O) groups excluding carboxylic acids is 1. The van der Waals surface area contributed by atoms with Crippen molar-refractivity contribution >= 4 is 22.6 Å². The second kappa shape index (κ2) is 6.05. The fraction of sp³-hybridized carbons (Fsp3) is 0.227. The van der Waals surface area contributed by atoms with Crippen molar-refractivity contribution in [1.29, 1.82) is 0 Å². The number of likely N-dealkylation sites (tertiary alicyclic amines) is 1. The van der Waals surface area contributed by atoms with E-state index in [9.17, 15) is 14.7 Å². The van der Waals surface area contributed by atoms with Crippen LogP contribution in [0.5, 0.6) is 5.75 Å². The Kier molecular flexibility index (Phi) is 3.62. The van der Waals surface area contributed by atoms with Gasteiger partial charge >= 0.3 is 5.97 Å². The number of para-hydroxylation sites is 1. The SMILES string of the molecule is O=C(c1cccc2cnccc12)N1C[C@H]2c3ccccc3OC[C@@]2(C(=O)O)C1. The maximum atomic E-state index is 13.4. The lowest BCUT2D eigenvalue weighted by Crippen LogP contribution is -2.46. The first-order valence-corrected chi connectivity index (χ1v) is 9.17. The first-order chi connectivity index (χ1) is 13.6. The highest BCUT2D eigenvalue weighted by molar-refractivity contribution is 6.07. The maximum Gasteiger partial charge on any atom is 0.315 e. The summed E-state index contributed by atoms with van der Waals surface area (Å²) < 4.78 is 5.78. The van der Waals surface area contributed by atoms with E-state index in [0.717, 1.165) is 16.3 Å². The van der Waals surface area contributed by atoms with Crippen molar-refractivity contribution in [2.45, 2.75) is 5.92 Å². The Morgan fingerprint density at radius 1 is 1.14 bits per heavy atom. The lowest BCUT2D eigenvalue weighted by Gasteiger charge is -2.35. The Balaban J connectivity index is 1.56. The number of ether oxygens (including phenoxy) is 1. The number of carboxylic acid groups (broad SMARTS) is 1. The summed E-state index contributed by atoms with van der Waals surface area (Å²) in [5.74, 6) is -0.681. The smallest absolute Gasteiger partial charge is 0.315 e. The molecule has 0 bridgehead atoms. The molecule has 5 rings (SSSR count). The molecule has 28 heavy (non-hydrogen) atoms. The molecule has 3 heterocycles. The summed E-state index contributed by atoms with van der Waals surface area (Å²) in [5.41, 5.74) is 0.290. The van der Waals surface area contributed by atoms with Crippen molar-refractivity contribution in [1.82, 2.24) is 9.88 Å². The third-order valence-electron chi connectivity index (χ3n) is 5.95. The first kappa shape index (κ1) is 16.7. The minimum Gasteiger partial charge on any atom is -0.492 e. The molecular weight excluding hydrogens is 356 g/mol. The first-order valence-electron chi connectivity index (χ1n) is 9.17. The van der Waals surface area contributed by atoms with E-state index in [0.29, 0.717) is 17.9 Å². The van der Waals surface area contributed by atoms with Crippen LogP contribution in [0.25, 0.3) is 10.8 Å². The molecule has 0 spiro atoms. The van der Waals surface area contributed by atoms with Crippen LogP contribution < -0.4 is 4.74 Å². The third kappa shape index (κ3) is 2.30. The number of pyridine rings is 1. The predicted octanol–water partition coefficient (Wildman–Crippen LogP) is 2.94. The van der Waals surface area contributed by atoms with Gasteiger partial charge in [-0.3, -0.25) is 14.6 Å². The van der Waals surface area contributed by atoms with Gasteiger partial charge in [-0.25, -0.2) is 0 Å². The number of aliphatic carboxylic acids is 1. The minimum absolute atomic E-state index is 0.0627. The molecule has 1 N–H and O–H groups in total. The van der Waals surface area contributed by atoms with Crippen LogP contribution in [-0.2, 0) is 4.79 Å². The normalized spacial score (nSPS) is 23.0. The van der Waals surface area contributed by atoms with Crippen molar-refractivity contribution in [3.05, 3.63) is 72.1 Å². The monoisotopic (exact) mass is 374 g/mol. The number of amides is 1. The number of carboxylic acids is 1. The lowest BCUT2D eigenvalue weighted by molar-refractivity contribution is -0.151. The van der Waals surface area contributed by atoms with Crippen LogP contribution in [0.4, 0.5) is 0 Å². The highest BCUT2D eigenvalue weighted by Crippen LogP contribution is 2.50. The second-order valence-electron chi connectivity index (χ2n) is 7.43. The summed E-state index contributed by atoms with van der Waals surface area (Å²) >= 11 is 0. The van der Waals surface area contributed by atoms with Gasteiger partial charge in [0.05, 0.1) is 0 Å². The van der Waals surface area contributed by atoms with E-state index in [1.807, 2.05) is 42.5 Å². The minimum atomic E-state index is -1.13. The number of benzene rings is 2. The van der Waals surface area contributed by atoms with Gasteiger partial charge in [0.2, 0.25) is 0 Å². The molecule has 6 nitrogen and oxygen atoms in total. The molecule has 6 heteroatoms. The van der Waals surface area contributed by atoms with E-state index in [4.69, 9.17) is 4.74 Å². The predicted molar refractivity (Wildman–Crippen MR) is 102 cm³/mol. The molecule has 3 aromatic rings. The third-order valence-corrected chi connectivity index (χ3v) is 5.95. The molecule has 2 aromatic carbocycles. The molecule has 1 aromatic heterocycles. The van der Waals surface area contributed by atoms with Gasteiger partial charge in [-0.05, 0) is 23.6 Å². The van der Waals surface area contributed by atoms with Crippen LogP contribution in [0.1, 0.15) is 21.8 Å². The zero-order valence-corrected chi connectivity index (χ0v) is 15.0. The molecular formula is C22H18N2O4. The van der Waals surface area contributed by atoms with Crippen molar-refractivity contribution < 1.29 is 19.4 Å². The van der Waals surface area contributed by atoms with E-state index in [-0.39, 0.29) is 25.0 Å². The number of nitrogens with zero attached hydrogens (tertiary/aromatic N) is 2. The molecule has 0 saturated carbocycles. The van der Waals surface area contributed by atoms with Crippen molar-refractivity contribution in [3.63, 3.8) is 0 Å². The van der Waals surface area contributed by atoms with Crippen molar-refractivity contribution in [2.24, 2.45) is 5.41 Å². The van der Waals surface area contributed by atoms with Crippen LogP contribution in [0, 0.1) is 5.41 Å². The van der Waals surface area contributed by atoms with E-state index >= 15 is 0 Å². The molecule has 0 aliphatic carbocycles. The maximum absolute atomic E-state index is 13.4. The number of rotatable bonds is 2. The average molecular weight is 374 g/mol. The lowest BCUT2D eigenvalue weighted by atomic mass is 9.73. The number of fused-ring (bicyclic) bond motifs is 4. The Morgan fingerprint density at radius 3 is 2.86 bits per heavy atom. The van der Waals surface area contributed by atoms with Gasteiger partial charge in [0.15, 0.2) is 0 Å². The zero-order valence-electron chi connectivity index (χ0n) is 15.0. The summed E-state index contributed by atoms with van der Waals surface area (Å²) in [6.07, 6.45) is 3.38. The molecule has 2 atom stereocenters. The average Bonchev–Trinajstić information content (AvgIpc) is 3.15. The molecule has 1 fully saturated rings. The molecule has 140 valence electrons. The van der Waals surface area contributed by atoms with Crippen LogP contribution in [0.2, 0.25) is 0 Å². The van der Waals surface area contributed by atoms with Crippen LogP contribution in [0.15, 0.2) is 60.9 Å². The van der Waals surface area contributed by atoms with Gasteiger partial charge in [-0.15, -0.1) is 0 Å². The Morgan fingerprint density at radius 2 is 2.00 bits per heavy atom. The topological polar surface area (TPSA) is 79.7 Å². The van der Waals surface area contributed by atoms with E-state index in [1.54, 1.807) is 23.4 Å². The highest BCUT2D eigenvalue weighted by atomic mass is 16.5. The Labute approximate surface area is 161 Å². The fourth-order valence-corrected chi connectivity index (χ4v) is 4.47. The number of hydrogen-bond donors (Lipinski definition) is 1. The van der Waals surface area contributed by atoms with Gasteiger partial charge in [0, 0.05) is 47.9 Å². The molecule has 0 unspecified atom stereocenters. The van der Waals surface area contributed by atoms with E-state index in [1.165, 1.54) is 0 Å². The largest absolute Gasteiger partial charge is 0.492 e. The van der Waals surface area contributed by atoms with E-state index < -0.39 is 11.4 Å². The van der Waals surface area contributed by atoms with Gasteiger partial charge in [0.1, 0.15) is 17.8 Å². The Hall–Kier alpha value is -3.41. The summed E-state index contributed by atoms with van der Waals surface area (Å²) in [4.78, 5) is 31.4. The summed E-state index contributed by atoms with van der Waals surface area (Å²) in [5, 5.41) is 11.7. The standard InChI is InChI=1S/C22H18N2O4/c25-20(16-6-3-4-14-10-23-9-8-15(14)16)24-11-18-17-5-1-2-7-19(17)28-13-22(18,12-24)21(26)27/h1-10,18H,11-13H2,(H,26,27)/t18-,22-/m0/s1. The van der Waals surface area contributed by atoms with Crippen LogP contribution >= 0.6 is 0 Å². The Bertz CT molecular complexity index is 1110. The van der Waals surface area contributed by atoms with Gasteiger partial charge < -0.3 is 14.7 Å². The molecule has 2 aliphatic rings. The molecule has 1 amide bonds. The molecule has 0 radical (unpaired) electrons. The van der Waals surface area contributed by atoms with E-state index in [2.05, 4.69) is 4.98 Å². The van der Waals surface area contributed by atoms with Crippen LogP contribution in [0.3, 0.4) is 0 Å². The van der Waals surface area contributed by atoms with Gasteiger partial charge in [-0.1, -0.05) is 30.3 Å². The van der Waals surface area contributed by atoms with Gasteiger partial charge in [-0.2, -0.15) is 0 Å². The van der Waals surface area contributed by atoms with Gasteiger partial charge in [0.25, 0.3) is 5.91 Å². The summed E-state index contributed by atoms with van der Waals surface area (Å²) in [7, 11) is 0. The number of aromatic nitrogens is 1. The highest BCUT2D eigenvalue weighted by Gasteiger charge is 2.57. The molecule has 1 saturated heterocycles. The molecule has 2 aliphatic heterocycles. The quantitative estimate of drug-likeness (QED) is 0.746. The second-order valence-corrected chi connectivity index (χ2v) is 7.43. The summed E-state index contributed by atoms with van der Waals surface area (Å²) in [6.45, 7) is 0.544.